The molecule has 1 atom stereocenters. The molecule has 0 aromatic heterocycles. The molecule has 0 radical (unpaired) electrons. The number of rotatable bonds is 9. The van der Waals surface area contributed by atoms with Crippen LogP contribution in [0.25, 0.3) is 0 Å². The molecular formula is C24H39ClN2O. The molecule has 2 aliphatic rings. The van der Waals surface area contributed by atoms with Gasteiger partial charge in [0, 0.05) is 12.6 Å². The summed E-state index contributed by atoms with van der Waals surface area (Å²) in [4.78, 5) is 2.66. The number of methoxy groups -OCH3 is 1. The summed E-state index contributed by atoms with van der Waals surface area (Å²) < 4.78 is 5.40. The molecule has 3 rings (SSSR count). The van der Waals surface area contributed by atoms with Crippen LogP contribution in [0.2, 0.25) is 5.02 Å². The molecule has 1 saturated carbocycles. The summed E-state index contributed by atoms with van der Waals surface area (Å²) in [6.45, 7) is 9.46. The molecule has 3 nitrogen and oxygen atoms in total. The van der Waals surface area contributed by atoms with Gasteiger partial charge in [-0.1, -0.05) is 57.2 Å². The fraction of sp³-hybridized carbons (Fsp3) is 0.750. The largest absolute Gasteiger partial charge is 0.495 e. The molecule has 1 saturated heterocycles. The summed E-state index contributed by atoms with van der Waals surface area (Å²) in [7, 11) is 1.69. The monoisotopic (exact) mass is 406 g/mol. The van der Waals surface area contributed by atoms with Crippen molar-refractivity contribution < 1.29 is 4.74 Å². The zero-order chi connectivity index (χ0) is 19.9. The zero-order valence-corrected chi connectivity index (χ0v) is 18.8. The molecule has 1 aliphatic carbocycles. The van der Waals surface area contributed by atoms with Crippen LogP contribution >= 0.6 is 11.6 Å². The zero-order valence-electron chi connectivity index (χ0n) is 18.1. The van der Waals surface area contributed by atoms with E-state index in [1.807, 2.05) is 6.07 Å². The Hall–Kier alpha value is -0.770. The molecule has 28 heavy (non-hydrogen) atoms. The fourth-order valence-corrected chi connectivity index (χ4v) is 5.14. The van der Waals surface area contributed by atoms with E-state index >= 15 is 0 Å². The molecule has 1 aliphatic heterocycles. The van der Waals surface area contributed by atoms with Crippen molar-refractivity contribution in [3.8, 4) is 5.75 Å². The molecule has 158 valence electrons. The Kier molecular flexibility index (Phi) is 8.50. The maximum Gasteiger partial charge on any atom is 0.137 e. The average Bonchev–Trinajstić information content (AvgIpc) is 3.21. The Morgan fingerprint density at radius 2 is 1.86 bits per heavy atom. The molecule has 0 unspecified atom stereocenters. The third kappa shape index (κ3) is 6.11. The van der Waals surface area contributed by atoms with E-state index in [-0.39, 0.29) is 0 Å². The lowest BCUT2D eigenvalue weighted by atomic mass is 9.89. The predicted octanol–water partition coefficient (Wildman–Crippen LogP) is 5.72. The highest BCUT2D eigenvalue weighted by atomic mass is 35.5. The van der Waals surface area contributed by atoms with Gasteiger partial charge in [0.05, 0.1) is 12.1 Å². The number of piperidine rings is 1. The maximum atomic E-state index is 6.19. The van der Waals surface area contributed by atoms with Crippen molar-refractivity contribution in [2.24, 2.45) is 11.8 Å². The van der Waals surface area contributed by atoms with Crippen molar-refractivity contribution >= 4 is 11.6 Å². The van der Waals surface area contributed by atoms with Crippen LogP contribution < -0.4 is 10.1 Å². The van der Waals surface area contributed by atoms with Crippen molar-refractivity contribution in [1.29, 1.82) is 0 Å². The van der Waals surface area contributed by atoms with Gasteiger partial charge < -0.3 is 15.0 Å². The van der Waals surface area contributed by atoms with Gasteiger partial charge in [-0.25, -0.2) is 0 Å². The number of nitrogens with zero attached hydrogens (tertiary/aromatic N) is 1. The second-order valence-electron chi connectivity index (χ2n) is 9.21. The number of ether oxygens (including phenoxy) is 1. The van der Waals surface area contributed by atoms with Crippen LogP contribution in [0.1, 0.15) is 70.3 Å². The number of hydrogen-bond acceptors (Lipinski definition) is 3. The lowest BCUT2D eigenvalue weighted by molar-refractivity contribution is 0.175. The van der Waals surface area contributed by atoms with Crippen LogP contribution in [0.5, 0.6) is 5.75 Å². The van der Waals surface area contributed by atoms with Crippen LogP contribution in [0.3, 0.4) is 0 Å². The lowest BCUT2D eigenvalue weighted by Crippen LogP contribution is -2.47. The van der Waals surface area contributed by atoms with E-state index in [4.69, 9.17) is 16.3 Å². The van der Waals surface area contributed by atoms with Gasteiger partial charge in [-0.05, 0) is 74.3 Å². The van der Waals surface area contributed by atoms with E-state index < -0.39 is 0 Å². The van der Waals surface area contributed by atoms with Crippen molar-refractivity contribution in [2.75, 3.05) is 33.3 Å². The number of hydrogen-bond donors (Lipinski definition) is 1. The van der Waals surface area contributed by atoms with Crippen molar-refractivity contribution in [3.05, 3.63) is 28.8 Å². The van der Waals surface area contributed by atoms with Gasteiger partial charge >= 0.3 is 0 Å². The first-order valence-corrected chi connectivity index (χ1v) is 11.7. The Morgan fingerprint density at radius 1 is 1.14 bits per heavy atom. The van der Waals surface area contributed by atoms with Crippen molar-refractivity contribution in [2.45, 2.75) is 70.8 Å². The molecule has 1 aromatic carbocycles. The van der Waals surface area contributed by atoms with Crippen LogP contribution in [-0.2, 0) is 0 Å². The van der Waals surface area contributed by atoms with Crippen molar-refractivity contribution in [1.82, 2.24) is 10.2 Å². The molecule has 4 heteroatoms. The van der Waals surface area contributed by atoms with Gasteiger partial charge in [0.25, 0.3) is 0 Å². The van der Waals surface area contributed by atoms with E-state index in [9.17, 15) is 0 Å². The van der Waals surface area contributed by atoms with E-state index in [0.717, 1.165) is 11.7 Å². The number of likely N-dealkylation sites (tertiary alicyclic amines) is 1. The molecular weight excluding hydrogens is 368 g/mol. The smallest absolute Gasteiger partial charge is 0.137 e. The van der Waals surface area contributed by atoms with Gasteiger partial charge in [0.1, 0.15) is 5.75 Å². The van der Waals surface area contributed by atoms with Crippen LogP contribution in [0, 0.1) is 11.8 Å². The average molecular weight is 407 g/mol. The van der Waals surface area contributed by atoms with Gasteiger partial charge in [0.2, 0.25) is 0 Å². The number of benzene rings is 1. The topological polar surface area (TPSA) is 24.5 Å². The van der Waals surface area contributed by atoms with Crippen LogP contribution in [0.15, 0.2) is 18.2 Å². The third-order valence-electron chi connectivity index (χ3n) is 6.93. The van der Waals surface area contributed by atoms with Crippen molar-refractivity contribution in [3.63, 3.8) is 0 Å². The normalized spacial score (nSPS) is 20.8. The SMILES string of the molecule is COc1cc(C2CCN(C[C@H](NCCC3CCCC3)C(C)C)CC2)ccc1Cl. The number of nitrogens with one attached hydrogen (secondary N) is 1. The second-order valence-corrected chi connectivity index (χ2v) is 9.62. The first kappa shape index (κ1) is 21.9. The number of halogens is 1. The molecule has 1 heterocycles. The summed E-state index contributed by atoms with van der Waals surface area (Å²) in [5.74, 6) is 3.08. The van der Waals surface area contributed by atoms with Gasteiger partial charge in [0.15, 0.2) is 0 Å². The van der Waals surface area contributed by atoms with E-state index in [2.05, 4.69) is 36.2 Å². The summed E-state index contributed by atoms with van der Waals surface area (Å²) in [6, 6.07) is 6.88. The van der Waals surface area contributed by atoms with Gasteiger partial charge in [-0.15, -0.1) is 0 Å². The summed E-state index contributed by atoms with van der Waals surface area (Å²) in [5.41, 5.74) is 1.37. The van der Waals surface area contributed by atoms with Crippen LogP contribution in [-0.4, -0.2) is 44.2 Å². The molecule has 0 bridgehead atoms. The fourth-order valence-electron chi connectivity index (χ4n) is 4.94. The summed E-state index contributed by atoms with van der Waals surface area (Å²) >= 11 is 6.19. The lowest BCUT2D eigenvalue weighted by Gasteiger charge is -2.36. The highest BCUT2D eigenvalue weighted by Gasteiger charge is 2.24. The molecule has 1 N–H and O–H groups in total. The molecule has 0 spiro atoms. The Balaban J connectivity index is 1.45. The highest BCUT2D eigenvalue weighted by Crippen LogP contribution is 2.33. The standard InChI is InChI=1S/C24H39ClN2O/c1-18(2)23(26-13-10-19-6-4-5-7-19)17-27-14-11-20(12-15-27)21-8-9-22(25)24(16-21)28-3/h8-9,16,18-20,23,26H,4-7,10-15,17H2,1-3H3/t23-/m0/s1. The molecule has 2 fully saturated rings. The Labute approximate surface area is 177 Å². The first-order chi connectivity index (χ1) is 13.6. The third-order valence-corrected chi connectivity index (χ3v) is 7.24. The minimum Gasteiger partial charge on any atom is -0.495 e. The minimum absolute atomic E-state index is 0.605. The minimum atomic E-state index is 0.605. The highest BCUT2D eigenvalue weighted by molar-refractivity contribution is 6.32. The quantitative estimate of drug-likeness (QED) is 0.567. The molecule has 0 amide bonds. The first-order valence-electron chi connectivity index (χ1n) is 11.4. The second kappa shape index (κ2) is 10.8. The Morgan fingerprint density at radius 3 is 2.50 bits per heavy atom. The maximum absolute atomic E-state index is 6.19. The van der Waals surface area contributed by atoms with E-state index in [1.54, 1.807) is 7.11 Å². The Bertz CT molecular complexity index is 592. The van der Waals surface area contributed by atoms with Gasteiger partial charge in [-0.3, -0.25) is 0 Å². The molecule has 1 aromatic rings. The van der Waals surface area contributed by atoms with E-state index in [1.165, 1.54) is 76.7 Å². The van der Waals surface area contributed by atoms with E-state index in [0.29, 0.717) is 22.9 Å². The van der Waals surface area contributed by atoms with Crippen LogP contribution in [0.4, 0.5) is 0 Å². The predicted molar refractivity (Wildman–Crippen MR) is 120 cm³/mol. The summed E-state index contributed by atoms with van der Waals surface area (Å²) in [6.07, 6.45) is 9.62. The van der Waals surface area contributed by atoms with Gasteiger partial charge in [-0.2, -0.15) is 0 Å². The summed E-state index contributed by atoms with van der Waals surface area (Å²) in [5, 5.41) is 4.59.